The molecule has 0 saturated heterocycles. The van der Waals surface area contributed by atoms with Crippen molar-refractivity contribution in [3.63, 3.8) is 0 Å². The number of hydrogen-bond donors (Lipinski definition) is 0. The molecular weight excluding hydrogens is 499 g/mol. The number of ether oxygens (including phenoxy) is 1. The van der Waals surface area contributed by atoms with Gasteiger partial charge in [0.15, 0.2) is 12.9 Å². The van der Waals surface area contributed by atoms with Crippen molar-refractivity contribution in [1.29, 1.82) is 0 Å². The summed E-state index contributed by atoms with van der Waals surface area (Å²) in [5.41, 5.74) is 1.19. The van der Waals surface area contributed by atoms with Crippen molar-refractivity contribution < 1.29 is 35.5 Å². The number of ketones is 1. The Morgan fingerprint density at radius 2 is 1.00 bits per heavy atom. The topological polar surface area (TPSA) is 43.4 Å². The average molecular weight is 521 g/mol. The molecule has 3 nitrogen and oxygen atoms in total. The zero-order chi connectivity index (χ0) is 21.9. The Hall–Kier alpha value is -3.25. The molecule has 0 spiro atoms. The molecule has 0 N–H and O–H groups in total. The molecule has 4 heteroatoms. The minimum absolute atomic E-state index is 0.0287. The van der Waals surface area contributed by atoms with E-state index in [0.29, 0.717) is 11.1 Å². The van der Waals surface area contributed by atoms with Crippen LogP contribution < -0.4 is 21.2 Å². The zero-order valence-corrected chi connectivity index (χ0v) is 19.2. The molecule has 0 aromatic heterocycles. The summed E-state index contributed by atoms with van der Waals surface area (Å²) in [6.07, 6.45) is 0. The van der Waals surface area contributed by atoms with Gasteiger partial charge in [0.25, 0.3) is 0 Å². The lowest BCUT2D eigenvalue weighted by Crippen LogP contribution is -3.61. The molecule has 0 aliphatic heterocycles. The summed E-state index contributed by atoms with van der Waals surface area (Å²) in [5, 5.41) is 0. The van der Waals surface area contributed by atoms with Crippen LogP contribution in [-0.4, -0.2) is 18.9 Å². The Balaban J connectivity index is 0.000000185. The summed E-state index contributed by atoms with van der Waals surface area (Å²) in [6, 6.07) is 36.9. The van der Waals surface area contributed by atoms with Gasteiger partial charge in [0.1, 0.15) is 0 Å². The number of rotatable bonds is 5. The molecule has 0 radical (unpaired) electrons. The molecule has 0 fully saturated rings. The molecule has 4 aromatic rings. The highest BCUT2D eigenvalue weighted by molar-refractivity contribution is 6.14. The van der Waals surface area contributed by atoms with Gasteiger partial charge in [0.2, 0.25) is 0 Å². The van der Waals surface area contributed by atoms with Crippen LogP contribution in [0, 0.1) is 7.14 Å². The number of methoxy groups -OCH3 is 1. The summed E-state index contributed by atoms with van der Waals surface area (Å²) in [5.74, 6) is -0.688. The van der Waals surface area contributed by atoms with E-state index >= 15 is 0 Å². The van der Waals surface area contributed by atoms with Crippen LogP contribution in [0.25, 0.3) is 0 Å². The van der Waals surface area contributed by atoms with Crippen molar-refractivity contribution in [3.05, 3.63) is 139 Å². The third-order valence-electron chi connectivity index (χ3n) is 4.30. The lowest BCUT2D eigenvalue weighted by molar-refractivity contribution is -0.597. The normalized spacial score (nSPS) is 9.84. The molecule has 154 valence electrons. The van der Waals surface area contributed by atoms with E-state index < -0.39 is 5.97 Å². The smallest absolute Gasteiger partial charge is 0.357 e. The molecule has 0 aliphatic carbocycles. The maximum Gasteiger partial charge on any atom is 0.357 e. The van der Waals surface area contributed by atoms with Gasteiger partial charge in [0, 0.05) is 11.1 Å². The number of benzene rings is 4. The number of esters is 1. The van der Waals surface area contributed by atoms with Crippen LogP contribution in [-0.2, 0) is 4.74 Å². The maximum atomic E-state index is 12.3. The van der Waals surface area contributed by atoms with Crippen LogP contribution in [0.3, 0.4) is 0 Å². The summed E-state index contributed by atoms with van der Waals surface area (Å²) >= 11 is 0.0287. The Kier molecular flexibility index (Phi) is 8.55. The first-order chi connectivity index (χ1) is 15.2. The third kappa shape index (κ3) is 6.62. The van der Waals surface area contributed by atoms with E-state index in [1.54, 1.807) is 48.5 Å². The van der Waals surface area contributed by atoms with E-state index in [1.165, 1.54) is 14.3 Å². The van der Waals surface area contributed by atoms with Gasteiger partial charge in [-0.15, -0.1) is 0 Å². The van der Waals surface area contributed by atoms with Crippen LogP contribution >= 0.6 is 0 Å². The summed E-state index contributed by atoms with van der Waals surface area (Å²) in [7, 11) is 1.30. The Morgan fingerprint density at radius 1 is 0.581 bits per heavy atom. The van der Waals surface area contributed by atoms with Gasteiger partial charge in [-0.3, -0.25) is 4.79 Å². The molecule has 0 amide bonds. The van der Waals surface area contributed by atoms with Crippen LogP contribution in [0.5, 0.6) is 0 Å². The van der Waals surface area contributed by atoms with Crippen LogP contribution in [0.1, 0.15) is 26.3 Å². The van der Waals surface area contributed by atoms with Crippen LogP contribution in [0.4, 0.5) is 0 Å². The first-order valence-electron chi connectivity index (χ1n) is 9.71. The molecule has 0 unspecified atom stereocenters. The Labute approximate surface area is 193 Å². The van der Waals surface area contributed by atoms with Gasteiger partial charge in [-0.2, -0.15) is 0 Å². The molecule has 0 heterocycles. The predicted molar refractivity (Wildman–Crippen MR) is 118 cm³/mol. The van der Waals surface area contributed by atoms with E-state index in [1.807, 2.05) is 6.07 Å². The summed E-state index contributed by atoms with van der Waals surface area (Å²) in [4.78, 5) is 23.9. The van der Waals surface area contributed by atoms with Crippen molar-refractivity contribution in [1.82, 2.24) is 0 Å². The fourth-order valence-electron chi connectivity index (χ4n) is 2.80. The lowest BCUT2D eigenvalue weighted by Gasteiger charge is -2.06. The average Bonchev–Trinajstić information content (AvgIpc) is 2.85. The van der Waals surface area contributed by atoms with Gasteiger partial charge in [-0.25, -0.2) is 4.79 Å². The largest absolute Gasteiger partial charge is 0.465 e. The first kappa shape index (κ1) is 22.4. The second-order valence-electron chi connectivity index (χ2n) is 6.42. The second kappa shape index (κ2) is 11.8. The van der Waals surface area contributed by atoms with E-state index in [9.17, 15) is 9.59 Å². The monoisotopic (exact) mass is 521 g/mol. The Morgan fingerprint density at radius 3 is 1.48 bits per heavy atom. The summed E-state index contributed by atoms with van der Waals surface area (Å²) in [6.45, 7) is 0. The van der Waals surface area contributed by atoms with Crippen molar-refractivity contribution in [2.75, 3.05) is 7.11 Å². The van der Waals surface area contributed by atoms with Crippen molar-refractivity contribution >= 4 is 11.8 Å². The van der Waals surface area contributed by atoms with Crippen molar-refractivity contribution in [3.8, 4) is 0 Å². The molecular formula is C27H22IO3+. The third-order valence-corrected chi connectivity index (χ3v) is 6.98. The van der Waals surface area contributed by atoms with E-state index in [4.69, 9.17) is 0 Å². The van der Waals surface area contributed by atoms with E-state index in [0.717, 1.165) is 0 Å². The molecule has 31 heavy (non-hydrogen) atoms. The molecule has 4 rings (SSSR count). The van der Waals surface area contributed by atoms with Crippen LogP contribution in [0.15, 0.2) is 115 Å². The lowest BCUT2D eigenvalue weighted by atomic mass is 9.98. The molecule has 0 atom stereocenters. The second-order valence-corrected chi connectivity index (χ2v) is 9.45. The summed E-state index contributed by atoms with van der Waals surface area (Å²) < 4.78 is 7.63. The number of carbonyl (C=O) groups is 2. The maximum absolute atomic E-state index is 12.3. The minimum atomic E-state index is -0.505. The highest BCUT2D eigenvalue weighted by Gasteiger charge is 2.17. The van der Waals surface area contributed by atoms with E-state index in [-0.39, 0.29) is 32.6 Å². The van der Waals surface area contributed by atoms with Crippen molar-refractivity contribution in [2.24, 2.45) is 0 Å². The van der Waals surface area contributed by atoms with Gasteiger partial charge in [-0.05, 0) is 30.3 Å². The predicted octanol–water partition coefficient (Wildman–Crippen LogP) is 2.52. The van der Waals surface area contributed by atoms with Gasteiger partial charge in [0.05, 0.1) is 12.7 Å². The van der Waals surface area contributed by atoms with Crippen molar-refractivity contribution in [2.45, 2.75) is 0 Å². The number of halogens is 1. The molecule has 0 aliphatic rings. The number of hydrogen-bond acceptors (Lipinski definition) is 3. The first-order valence-corrected chi connectivity index (χ1v) is 11.9. The quantitative estimate of drug-likeness (QED) is 0.231. The fraction of sp³-hybridized carbons (Fsp3) is 0.0370. The zero-order valence-electron chi connectivity index (χ0n) is 17.1. The van der Waals surface area contributed by atoms with Gasteiger partial charge >= 0.3 is 27.2 Å². The highest BCUT2D eigenvalue weighted by atomic mass is 127. The van der Waals surface area contributed by atoms with E-state index in [2.05, 4.69) is 65.4 Å². The molecule has 0 bridgehead atoms. The molecule has 4 aromatic carbocycles. The molecule has 0 saturated carbocycles. The highest BCUT2D eigenvalue weighted by Crippen LogP contribution is 2.15. The minimum Gasteiger partial charge on any atom is -0.465 e. The van der Waals surface area contributed by atoms with Gasteiger partial charge < -0.3 is 4.74 Å². The standard InChI is InChI=1S/C15H12O3.C12H10I/c1-18-15(17)13-10-6-5-9-12(13)14(16)11-7-3-2-4-8-11;1-3-7-11(8-4-1)13-12-9-5-2-6-10-12/h2-10H,1H3;1-10H/q;+1. The fourth-order valence-corrected chi connectivity index (χ4v) is 5.06. The Bertz CT molecular complexity index is 1070. The SMILES string of the molecule is COC(=O)c1ccccc1C(=O)c1ccccc1.c1ccc([I+]c2ccccc2)cc1. The van der Waals surface area contributed by atoms with Crippen LogP contribution in [0.2, 0.25) is 0 Å². The number of carbonyl (C=O) groups excluding carboxylic acids is 2. The van der Waals surface area contributed by atoms with Gasteiger partial charge in [-0.1, -0.05) is 84.9 Å².